The molecule has 4 N–H and O–H groups in total. The van der Waals surface area contributed by atoms with Crippen LogP contribution in [-0.2, 0) is 20.5 Å². The summed E-state index contributed by atoms with van der Waals surface area (Å²) in [6.45, 7) is 10.6. The molecule has 3 saturated heterocycles. The zero-order valence-corrected chi connectivity index (χ0v) is 26.8. The molecule has 244 valence electrons. The van der Waals surface area contributed by atoms with Crippen molar-refractivity contribution in [2.24, 2.45) is 11.8 Å². The summed E-state index contributed by atoms with van der Waals surface area (Å²) in [6, 6.07) is 11.2. The molecule has 0 radical (unpaired) electrons. The van der Waals surface area contributed by atoms with Gasteiger partial charge in [-0.05, 0) is 78.5 Å². The molecule has 6 rings (SSSR count). The summed E-state index contributed by atoms with van der Waals surface area (Å²) in [7, 11) is 0. The second-order valence-corrected chi connectivity index (χ2v) is 14.1. The largest absolute Gasteiger partial charge is 0.478 e. The Bertz CT molecular complexity index is 1580. The van der Waals surface area contributed by atoms with E-state index >= 15 is 0 Å². The third-order valence-corrected chi connectivity index (χ3v) is 10.4. The minimum absolute atomic E-state index is 0.103. The maximum Gasteiger partial charge on any atom is 0.335 e. The number of hydrogen-bond donors (Lipinski definition) is 4. The summed E-state index contributed by atoms with van der Waals surface area (Å²) in [5.74, 6) is -2.53. The van der Waals surface area contributed by atoms with Gasteiger partial charge in [-0.1, -0.05) is 26.8 Å². The van der Waals surface area contributed by atoms with Crippen LogP contribution in [-0.4, -0.2) is 78.9 Å². The molecule has 0 aliphatic carbocycles. The van der Waals surface area contributed by atoms with E-state index in [2.05, 4.69) is 25.8 Å². The van der Waals surface area contributed by atoms with Gasteiger partial charge in [0.15, 0.2) is 0 Å². The Morgan fingerprint density at radius 3 is 2.22 bits per heavy atom. The van der Waals surface area contributed by atoms with E-state index in [0.29, 0.717) is 29.5 Å². The molecule has 0 bridgehead atoms. The molecule has 0 saturated carbocycles. The summed E-state index contributed by atoms with van der Waals surface area (Å²) in [5, 5.41) is 18.2. The van der Waals surface area contributed by atoms with Crippen LogP contribution in [0.4, 0.5) is 5.69 Å². The number of piperazine rings is 1. The molecule has 2 unspecified atom stereocenters. The number of carboxylic acids is 1. The van der Waals surface area contributed by atoms with Gasteiger partial charge >= 0.3 is 5.97 Å². The first-order valence-corrected chi connectivity index (χ1v) is 16.3. The third-order valence-electron chi connectivity index (χ3n) is 10.4. The number of piperidine rings is 2. The van der Waals surface area contributed by atoms with E-state index in [-0.39, 0.29) is 35.5 Å². The lowest BCUT2D eigenvalue weighted by Gasteiger charge is -2.54. The molecule has 2 atom stereocenters. The molecule has 2 aromatic rings. The lowest BCUT2D eigenvalue weighted by molar-refractivity contribution is -0.138. The van der Waals surface area contributed by atoms with Crippen molar-refractivity contribution in [3.05, 3.63) is 64.2 Å². The van der Waals surface area contributed by atoms with E-state index < -0.39 is 23.3 Å². The van der Waals surface area contributed by atoms with Gasteiger partial charge in [-0.15, -0.1) is 0 Å². The van der Waals surface area contributed by atoms with Gasteiger partial charge in [-0.2, -0.15) is 0 Å². The van der Waals surface area contributed by atoms with E-state index in [9.17, 15) is 29.1 Å². The van der Waals surface area contributed by atoms with Crippen LogP contribution in [0.25, 0.3) is 0 Å². The number of fused-ring (bicyclic) bond motifs is 1. The SMILES string of the molecule is CC(C)(C)c1cc(N2CCC(C(CC3CCC(=O)NC3=O)(c3ccc4c(c3)C(=O)NC4=O)N3CCNCC3)CC2)ccc1C(=O)O. The fraction of sp³-hybridized carbons (Fsp3) is 0.514. The number of amides is 4. The topological polar surface area (TPSA) is 148 Å². The van der Waals surface area contributed by atoms with Gasteiger partial charge in [-0.3, -0.25) is 34.7 Å². The number of anilines is 1. The number of nitrogens with one attached hydrogen (secondary N) is 3. The zero-order chi connectivity index (χ0) is 32.8. The second-order valence-electron chi connectivity index (χ2n) is 14.1. The molecule has 46 heavy (non-hydrogen) atoms. The predicted molar refractivity (Wildman–Crippen MR) is 172 cm³/mol. The highest BCUT2D eigenvalue weighted by molar-refractivity contribution is 6.21. The lowest BCUT2D eigenvalue weighted by Crippen LogP contribution is -2.60. The van der Waals surface area contributed by atoms with Gasteiger partial charge in [0.25, 0.3) is 11.8 Å². The Labute approximate surface area is 269 Å². The van der Waals surface area contributed by atoms with Crippen LogP contribution in [0.5, 0.6) is 0 Å². The number of carboxylic acid groups (broad SMARTS) is 1. The molecule has 2 aromatic carbocycles. The molecule has 11 heteroatoms. The quantitative estimate of drug-likeness (QED) is 0.339. The van der Waals surface area contributed by atoms with Gasteiger partial charge in [-0.25, -0.2) is 4.79 Å². The number of hydrogen-bond acceptors (Lipinski definition) is 8. The highest BCUT2D eigenvalue weighted by atomic mass is 16.4. The van der Waals surface area contributed by atoms with E-state index in [0.717, 1.165) is 68.9 Å². The minimum Gasteiger partial charge on any atom is -0.478 e. The Morgan fingerprint density at radius 1 is 0.870 bits per heavy atom. The smallest absolute Gasteiger partial charge is 0.335 e. The van der Waals surface area contributed by atoms with Crippen LogP contribution in [0.15, 0.2) is 36.4 Å². The Balaban J connectivity index is 1.39. The lowest BCUT2D eigenvalue weighted by atomic mass is 9.66. The van der Waals surface area contributed by atoms with Gasteiger partial charge < -0.3 is 15.3 Å². The molecule has 4 heterocycles. The van der Waals surface area contributed by atoms with Crippen molar-refractivity contribution in [1.29, 1.82) is 0 Å². The number of benzene rings is 2. The van der Waals surface area contributed by atoms with Crippen LogP contribution in [0.3, 0.4) is 0 Å². The molecule has 4 aliphatic heterocycles. The Morgan fingerprint density at radius 2 is 1.57 bits per heavy atom. The average Bonchev–Trinajstić information content (AvgIpc) is 3.32. The summed E-state index contributed by atoms with van der Waals surface area (Å²) in [4.78, 5) is 67.5. The number of rotatable bonds is 7. The van der Waals surface area contributed by atoms with Gasteiger partial charge in [0, 0.05) is 62.8 Å². The molecule has 4 amide bonds. The van der Waals surface area contributed by atoms with Gasteiger partial charge in [0.1, 0.15) is 0 Å². The highest BCUT2D eigenvalue weighted by Crippen LogP contribution is 2.48. The third kappa shape index (κ3) is 5.82. The van der Waals surface area contributed by atoms with Gasteiger partial charge in [0.2, 0.25) is 11.8 Å². The summed E-state index contributed by atoms with van der Waals surface area (Å²) in [5.41, 5.74) is 2.75. The first kappa shape index (κ1) is 31.9. The average molecular weight is 630 g/mol. The van der Waals surface area contributed by atoms with E-state index in [1.54, 1.807) is 12.1 Å². The number of imide groups is 2. The Hall–Kier alpha value is -4.09. The standard InChI is InChI=1S/C35H43N5O6/c1-34(2,3)28-19-24(6-8-26(28)33(45)46)39-14-10-22(11-15-39)35(40-16-12-36-13-17-40,20-21-4-9-29(41)37-30(21)42)23-5-7-25-27(18-23)32(44)38-31(25)43/h5-8,18-19,21-22,36H,4,9-17,20H2,1-3H3,(H,45,46)(H,37,41,42)(H,38,43,44). The molecule has 0 aromatic heterocycles. The Kier molecular flexibility index (Phi) is 8.49. The maximum atomic E-state index is 13.3. The number of aromatic carboxylic acids is 1. The van der Waals surface area contributed by atoms with Crippen molar-refractivity contribution >= 4 is 35.3 Å². The number of carbonyl (C=O) groups is 5. The minimum atomic E-state index is -0.936. The summed E-state index contributed by atoms with van der Waals surface area (Å²) in [6.07, 6.45) is 2.84. The maximum absolute atomic E-state index is 13.3. The van der Waals surface area contributed by atoms with Crippen LogP contribution in [0.1, 0.15) is 95.1 Å². The zero-order valence-electron chi connectivity index (χ0n) is 26.8. The summed E-state index contributed by atoms with van der Waals surface area (Å²) < 4.78 is 0. The first-order valence-electron chi connectivity index (χ1n) is 16.3. The van der Waals surface area contributed by atoms with Crippen LogP contribution >= 0.6 is 0 Å². The monoisotopic (exact) mass is 629 g/mol. The van der Waals surface area contributed by atoms with Crippen LogP contribution in [0, 0.1) is 11.8 Å². The van der Waals surface area contributed by atoms with Crippen molar-refractivity contribution in [1.82, 2.24) is 20.9 Å². The van der Waals surface area contributed by atoms with E-state index in [4.69, 9.17) is 0 Å². The molecule has 3 fully saturated rings. The normalized spacial score (nSPS) is 22.7. The molecule has 4 aliphatic rings. The number of carbonyl (C=O) groups excluding carboxylic acids is 4. The van der Waals surface area contributed by atoms with E-state index in [1.165, 1.54) is 0 Å². The van der Waals surface area contributed by atoms with Crippen LogP contribution < -0.4 is 20.9 Å². The second kappa shape index (κ2) is 12.3. The highest BCUT2D eigenvalue weighted by Gasteiger charge is 2.50. The molecular weight excluding hydrogens is 586 g/mol. The molecule has 11 nitrogen and oxygen atoms in total. The van der Waals surface area contributed by atoms with Crippen molar-refractivity contribution in [3.8, 4) is 0 Å². The fourth-order valence-electron chi connectivity index (χ4n) is 8.05. The van der Waals surface area contributed by atoms with Crippen molar-refractivity contribution in [3.63, 3.8) is 0 Å². The van der Waals surface area contributed by atoms with Crippen molar-refractivity contribution in [2.75, 3.05) is 44.2 Å². The number of nitrogens with zero attached hydrogens (tertiary/aromatic N) is 2. The van der Waals surface area contributed by atoms with Crippen molar-refractivity contribution < 1.29 is 29.1 Å². The van der Waals surface area contributed by atoms with Crippen molar-refractivity contribution in [2.45, 2.75) is 63.8 Å². The predicted octanol–water partition coefficient (Wildman–Crippen LogP) is 3.03. The van der Waals surface area contributed by atoms with Crippen LogP contribution in [0.2, 0.25) is 0 Å². The fourth-order valence-corrected chi connectivity index (χ4v) is 8.05. The first-order chi connectivity index (χ1) is 21.9. The van der Waals surface area contributed by atoms with Gasteiger partial charge in [0.05, 0.1) is 16.7 Å². The van der Waals surface area contributed by atoms with E-state index in [1.807, 2.05) is 45.0 Å². The summed E-state index contributed by atoms with van der Waals surface area (Å²) >= 11 is 0. The molecule has 0 spiro atoms. The molecular formula is C35H43N5O6.